The standard InChI is InChI=1S/C22H27N3OS.ClH/c1-16-6-8-17(9-7-16)15-27-21-5-3-2-4-20(21)24-22(26)25-13-18-10-11-19(14-25)23-12-18;/h2-9,18-19,23H,10-15H2,1H3,(H,24,26);1H/t18-,19-;/m0./s1. The number of rotatable bonds is 4. The summed E-state index contributed by atoms with van der Waals surface area (Å²) in [5.74, 6) is 1.48. The van der Waals surface area contributed by atoms with Crippen molar-refractivity contribution in [3.63, 3.8) is 0 Å². The quantitative estimate of drug-likeness (QED) is 0.693. The van der Waals surface area contributed by atoms with Gasteiger partial charge >= 0.3 is 6.03 Å². The van der Waals surface area contributed by atoms with Crippen LogP contribution in [-0.4, -0.2) is 36.6 Å². The molecule has 0 unspecified atom stereocenters. The molecule has 3 heterocycles. The first kappa shape index (κ1) is 21.0. The molecule has 0 aromatic heterocycles. The molecule has 6 heteroatoms. The number of amides is 2. The van der Waals surface area contributed by atoms with E-state index in [2.05, 4.69) is 47.9 Å². The molecule has 4 nitrogen and oxygen atoms in total. The molecule has 3 aliphatic heterocycles. The summed E-state index contributed by atoms with van der Waals surface area (Å²) in [7, 11) is 0. The number of carbonyl (C=O) groups is 1. The average Bonchev–Trinajstić information content (AvgIpc) is 3.03. The third kappa shape index (κ3) is 5.22. The Morgan fingerprint density at radius 1 is 1.14 bits per heavy atom. The molecule has 28 heavy (non-hydrogen) atoms. The largest absolute Gasteiger partial charge is 0.323 e. The van der Waals surface area contributed by atoms with E-state index in [1.165, 1.54) is 24.0 Å². The van der Waals surface area contributed by atoms with Crippen molar-refractivity contribution in [1.82, 2.24) is 10.2 Å². The minimum atomic E-state index is 0. The molecule has 2 bridgehead atoms. The van der Waals surface area contributed by atoms with Crippen molar-refractivity contribution in [1.29, 1.82) is 0 Å². The summed E-state index contributed by atoms with van der Waals surface area (Å²) in [6.07, 6.45) is 2.40. The highest BCUT2D eigenvalue weighted by Gasteiger charge is 2.31. The third-order valence-electron chi connectivity index (χ3n) is 5.47. The fraction of sp³-hybridized carbons (Fsp3) is 0.409. The van der Waals surface area contributed by atoms with Crippen LogP contribution in [0.2, 0.25) is 0 Å². The number of carbonyl (C=O) groups excluding carboxylic acids is 1. The lowest BCUT2D eigenvalue weighted by atomic mass is 9.97. The van der Waals surface area contributed by atoms with E-state index in [1.54, 1.807) is 11.8 Å². The van der Waals surface area contributed by atoms with Gasteiger partial charge in [-0.1, -0.05) is 42.0 Å². The Morgan fingerprint density at radius 3 is 2.68 bits per heavy atom. The van der Waals surface area contributed by atoms with Gasteiger partial charge < -0.3 is 15.5 Å². The van der Waals surface area contributed by atoms with Gasteiger partial charge in [0.1, 0.15) is 0 Å². The first-order valence-electron chi connectivity index (χ1n) is 9.74. The van der Waals surface area contributed by atoms with Crippen molar-refractivity contribution in [2.45, 2.75) is 36.5 Å². The van der Waals surface area contributed by atoms with E-state index < -0.39 is 0 Å². The van der Waals surface area contributed by atoms with E-state index >= 15 is 0 Å². The molecule has 3 aliphatic rings. The molecule has 3 fully saturated rings. The molecule has 0 aliphatic carbocycles. The van der Waals surface area contributed by atoms with Crippen LogP contribution in [0, 0.1) is 12.8 Å². The number of halogens is 1. The molecule has 0 radical (unpaired) electrons. The summed E-state index contributed by atoms with van der Waals surface area (Å²) < 4.78 is 0. The number of hydrogen-bond acceptors (Lipinski definition) is 3. The van der Waals surface area contributed by atoms with Crippen molar-refractivity contribution < 1.29 is 4.79 Å². The minimum Gasteiger partial charge on any atom is -0.323 e. The number of aryl methyl sites for hydroxylation is 1. The average molecular weight is 418 g/mol. The highest BCUT2D eigenvalue weighted by atomic mass is 35.5. The number of thioether (sulfide) groups is 1. The third-order valence-corrected chi connectivity index (χ3v) is 6.61. The van der Waals surface area contributed by atoms with Crippen molar-refractivity contribution in [3.8, 4) is 0 Å². The summed E-state index contributed by atoms with van der Waals surface area (Å²) in [5.41, 5.74) is 3.48. The Balaban J connectivity index is 0.00000225. The van der Waals surface area contributed by atoms with Crippen LogP contribution in [0.4, 0.5) is 10.5 Å². The molecule has 2 amide bonds. The molecule has 3 saturated heterocycles. The number of anilines is 1. The van der Waals surface area contributed by atoms with Crippen LogP contribution in [0.15, 0.2) is 53.4 Å². The maximum absolute atomic E-state index is 12.9. The number of nitrogens with zero attached hydrogens (tertiary/aromatic N) is 1. The lowest BCUT2D eigenvalue weighted by molar-refractivity contribution is 0.209. The molecular weight excluding hydrogens is 390 g/mol. The van der Waals surface area contributed by atoms with E-state index in [-0.39, 0.29) is 18.4 Å². The predicted octanol–water partition coefficient (Wildman–Crippen LogP) is 4.92. The van der Waals surface area contributed by atoms with Crippen LogP contribution >= 0.6 is 24.2 Å². The smallest absolute Gasteiger partial charge is 0.321 e. The molecule has 0 spiro atoms. The molecule has 0 saturated carbocycles. The van der Waals surface area contributed by atoms with Gasteiger partial charge in [-0.05, 0) is 49.9 Å². The van der Waals surface area contributed by atoms with Crippen LogP contribution < -0.4 is 10.6 Å². The molecule has 2 atom stereocenters. The lowest BCUT2D eigenvalue weighted by Gasteiger charge is -2.23. The van der Waals surface area contributed by atoms with Gasteiger partial charge in [-0.15, -0.1) is 24.2 Å². The topological polar surface area (TPSA) is 44.4 Å². The van der Waals surface area contributed by atoms with Crippen molar-refractivity contribution >= 4 is 35.9 Å². The highest BCUT2D eigenvalue weighted by molar-refractivity contribution is 7.98. The zero-order chi connectivity index (χ0) is 18.6. The van der Waals surface area contributed by atoms with E-state index in [0.717, 1.165) is 36.0 Å². The number of benzene rings is 2. The van der Waals surface area contributed by atoms with Crippen molar-refractivity contribution in [2.75, 3.05) is 25.0 Å². The van der Waals surface area contributed by atoms with Crippen LogP contribution in [0.25, 0.3) is 0 Å². The maximum atomic E-state index is 12.9. The number of piperidine rings is 1. The number of para-hydroxylation sites is 1. The second-order valence-electron chi connectivity index (χ2n) is 7.65. The maximum Gasteiger partial charge on any atom is 0.321 e. The fourth-order valence-corrected chi connectivity index (χ4v) is 4.80. The molecule has 150 valence electrons. The van der Waals surface area contributed by atoms with Gasteiger partial charge in [0.05, 0.1) is 5.69 Å². The van der Waals surface area contributed by atoms with Gasteiger partial charge in [0.15, 0.2) is 0 Å². The van der Waals surface area contributed by atoms with Gasteiger partial charge in [-0.3, -0.25) is 0 Å². The Kier molecular flexibility index (Phi) is 7.27. The van der Waals surface area contributed by atoms with Crippen molar-refractivity contribution in [3.05, 3.63) is 59.7 Å². The normalized spacial score (nSPS) is 21.0. The summed E-state index contributed by atoms with van der Waals surface area (Å²) >= 11 is 1.77. The van der Waals surface area contributed by atoms with Crippen LogP contribution in [0.5, 0.6) is 0 Å². The Labute approximate surface area is 177 Å². The van der Waals surface area contributed by atoms with E-state index in [1.807, 2.05) is 23.1 Å². The monoisotopic (exact) mass is 417 g/mol. The van der Waals surface area contributed by atoms with Crippen LogP contribution in [0.1, 0.15) is 24.0 Å². The first-order valence-corrected chi connectivity index (χ1v) is 10.7. The second-order valence-corrected chi connectivity index (χ2v) is 8.67. The fourth-order valence-electron chi connectivity index (χ4n) is 3.84. The van der Waals surface area contributed by atoms with Gasteiger partial charge in [0.25, 0.3) is 0 Å². The molecule has 2 aromatic carbocycles. The highest BCUT2D eigenvalue weighted by Crippen LogP contribution is 2.30. The Hall–Kier alpha value is -1.69. The summed E-state index contributed by atoms with van der Waals surface area (Å²) in [4.78, 5) is 16.0. The SMILES string of the molecule is Cc1ccc(CSc2ccccc2NC(=O)N2C[C@H]3CC[C@@H](C2)NC3)cc1.Cl. The molecule has 2 aromatic rings. The number of nitrogens with one attached hydrogen (secondary N) is 2. The van der Waals surface area contributed by atoms with Crippen molar-refractivity contribution in [2.24, 2.45) is 5.92 Å². The van der Waals surface area contributed by atoms with E-state index in [9.17, 15) is 4.79 Å². The molecular formula is C22H28ClN3OS. The zero-order valence-corrected chi connectivity index (χ0v) is 17.8. The minimum absolute atomic E-state index is 0. The van der Waals surface area contributed by atoms with Crippen LogP contribution in [0.3, 0.4) is 0 Å². The number of hydrogen-bond donors (Lipinski definition) is 2. The van der Waals surface area contributed by atoms with Crippen LogP contribution in [-0.2, 0) is 5.75 Å². The summed E-state index contributed by atoms with van der Waals surface area (Å²) in [6, 6.07) is 17.2. The second kappa shape index (κ2) is 9.68. The van der Waals surface area contributed by atoms with Gasteiger partial charge in [-0.2, -0.15) is 0 Å². The summed E-state index contributed by atoms with van der Waals surface area (Å²) in [5, 5.41) is 6.72. The van der Waals surface area contributed by atoms with Gasteiger partial charge in [0, 0.05) is 29.8 Å². The predicted molar refractivity (Wildman–Crippen MR) is 120 cm³/mol. The van der Waals surface area contributed by atoms with E-state index in [0.29, 0.717) is 12.0 Å². The summed E-state index contributed by atoms with van der Waals surface area (Å²) in [6.45, 7) is 4.80. The molecule has 5 rings (SSSR count). The Morgan fingerprint density at radius 2 is 1.93 bits per heavy atom. The molecule has 2 N–H and O–H groups in total. The zero-order valence-electron chi connectivity index (χ0n) is 16.2. The lowest BCUT2D eigenvalue weighted by Crippen LogP contribution is -2.42. The number of urea groups is 1. The first-order chi connectivity index (χ1) is 13.2. The van der Waals surface area contributed by atoms with Gasteiger partial charge in [-0.25, -0.2) is 4.79 Å². The Bertz CT molecular complexity index is 777. The number of fused-ring (bicyclic) bond motifs is 4. The van der Waals surface area contributed by atoms with Gasteiger partial charge in [0.2, 0.25) is 0 Å². The van der Waals surface area contributed by atoms with E-state index in [4.69, 9.17) is 0 Å².